The number of hydrogen-bond acceptors (Lipinski definition) is 3. The smallest absolute Gasteiger partial charge is 0.144 e. The minimum absolute atomic E-state index is 0.346. The van der Waals surface area contributed by atoms with Crippen LogP contribution < -0.4 is 5.32 Å². The number of anilines is 1. The van der Waals surface area contributed by atoms with E-state index in [1.54, 1.807) is 0 Å². The van der Waals surface area contributed by atoms with Gasteiger partial charge in [-0.05, 0) is 36.5 Å². The van der Waals surface area contributed by atoms with Crippen molar-refractivity contribution in [2.45, 2.75) is 58.4 Å². The van der Waals surface area contributed by atoms with Crippen molar-refractivity contribution in [1.29, 1.82) is 0 Å². The predicted molar refractivity (Wildman–Crippen MR) is 73.6 cm³/mol. The van der Waals surface area contributed by atoms with Gasteiger partial charge >= 0.3 is 0 Å². The zero-order chi connectivity index (χ0) is 13.0. The normalized spacial score (nSPS) is 33.2. The van der Waals surface area contributed by atoms with E-state index in [0.717, 1.165) is 17.4 Å². The lowest BCUT2D eigenvalue weighted by atomic mass is 9.36. The molecule has 18 heavy (non-hydrogen) atoms. The molecule has 1 aromatic rings. The van der Waals surface area contributed by atoms with Crippen molar-refractivity contribution in [1.82, 2.24) is 9.97 Å². The summed E-state index contributed by atoms with van der Waals surface area (Å²) in [5, 5.41) is 3.59. The van der Waals surface area contributed by atoms with Crippen molar-refractivity contribution in [2.75, 3.05) is 5.32 Å². The summed E-state index contributed by atoms with van der Waals surface area (Å²) < 4.78 is 0. The zero-order valence-electron chi connectivity index (χ0n) is 11.8. The van der Waals surface area contributed by atoms with Crippen LogP contribution in [0, 0.1) is 11.3 Å². The lowest BCUT2D eigenvalue weighted by Gasteiger charge is -2.73. The summed E-state index contributed by atoms with van der Waals surface area (Å²) in [6.45, 7) is 8.98. The summed E-state index contributed by atoms with van der Waals surface area (Å²) in [7, 11) is 0. The van der Waals surface area contributed by atoms with Gasteiger partial charge in [0.25, 0.3) is 0 Å². The molecule has 0 aromatic carbocycles. The second kappa shape index (κ2) is 3.69. The van der Waals surface area contributed by atoms with Gasteiger partial charge in [-0.15, -0.1) is 0 Å². The van der Waals surface area contributed by atoms with Crippen LogP contribution in [0.15, 0.2) is 12.4 Å². The van der Waals surface area contributed by atoms with Crippen LogP contribution in [0.25, 0.3) is 0 Å². The van der Waals surface area contributed by atoms with Gasteiger partial charge in [0.1, 0.15) is 5.82 Å². The molecule has 0 aliphatic heterocycles. The Hall–Kier alpha value is -1.12. The number of rotatable bonds is 4. The lowest BCUT2D eigenvalue weighted by Crippen LogP contribution is -2.72. The molecule has 1 N–H and O–H groups in total. The Kier molecular flexibility index (Phi) is 2.45. The number of hydrogen-bond donors (Lipinski definition) is 1. The first kappa shape index (κ1) is 11.9. The summed E-state index contributed by atoms with van der Waals surface area (Å²) in [5.74, 6) is 2.21. The molecule has 0 atom stereocenters. The largest absolute Gasteiger partial charge is 0.363 e. The molecule has 0 radical (unpaired) electrons. The summed E-state index contributed by atoms with van der Waals surface area (Å²) in [4.78, 5) is 8.95. The van der Waals surface area contributed by atoms with Crippen LogP contribution >= 0.6 is 0 Å². The molecule has 3 aliphatic carbocycles. The monoisotopic (exact) mass is 245 g/mol. The SMILES string of the molecule is CC(C)c1cnc(NC23CC(C(C)C)(C2)C3)cn1. The third kappa shape index (κ3) is 1.63. The van der Waals surface area contributed by atoms with E-state index >= 15 is 0 Å². The van der Waals surface area contributed by atoms with E-state index in [1.165, 1.54) is 19.3 Å². The minimum Gasteiger partial charge on any atom is -0.363 e. The molecule has 4 rings (SSSR count). The third-order valence-corrected chi connectivity index (χ3v) is 4.95. The summed E-state index contributed by atoms with van der Waals surface area (Å²) >= 11 is 0. The quantitative estimate of drug-likeness (QED) is 0.881. The van der Waals surface area contributed by atoms with Gasteiger partial charge in [0.05, 0.1) is 18.1 Å². The molecule has 1 aromatic heterocycles. The van der Waals surface area contributed by atoms with Crippen molar-refractivity contribution >= 4 is 5.82 Å². The van der Waals surface area contributed by atoms with Crippen LogP contribution in [-0.2, 0) is 0 Å². The maximum absolute atomic E-state index is 4.49. The van der Waals surface area contributed by atoms with Gasteiger partial charge in [-0.25, -0.2) is 4.98 Å². The molecule has 0 spiro atoms. The van der Waals surface area contributed by atoms with Crippen LogP contribution in [0.5, 0.6) is 0 Å². The van der Waals surface area contributed by atoms with E-state index in [9.17, 15) is 0 Å². The number of aromatic nitrogens is 2. The van der Waals surface area contributed by atoms with E-state index < -0.39 is 0 Å². The molecular formula is C15H23N3. The van der Waals surface area contributed by atoms with Crippen LogP contribution in [-0.4, -0.2) is 15.5 Å². The molecule has 0 amide bonds. The van der Waals surface area contributed by atoms with Crippen LogP contribution in [0.1, 0.15) is 58.6 Å². The van der Waals surface area contributed by atoms with E-state index in [0.29, 0.717) is 16.9 Å². The maximum Gasteiger partial charge on any atom is 0.144 e. The summed E-state index contributed by atoms with van der Waals surface area (Å²) in [5.41, 5.74) is 2.05. The highest BCUT2D eigenvalue weighted by Crippen LogP contribution is 2.71. The van der Waals surface area contributed by atoms with Gasteiger partial charge < -0.3 is 5.32 Å². The van der Waals surface area contributed by atoms with Crippen LogP contribution in [0.4, 0.5) is 5.82 Å². The Balaban J connectivity index is 1.63. The molecule has 0 saturated heterocycles. The fraction of sp³-hybridized carbons (Fsp3) is 0.733. The van der Waals surface area contributed by atoms with E-state index in [4.69, 9.17) is 0 Å². The first-order chi connectivity index (χ1) is 8.45. The van der Waals surface area contributed by atoms with Crippen molar-refractivity contribution in [3.05, 3.63) is 18.1 Å². The first-order valence-electron chi connectivity index (χ1n) is 7.05. The first-order valence-corrected chi connectivity index (χ1v) is 7.05. The molecule has 98 valence electrons. The molecular weight excluding hydrogens is 222 g/mol. The Morgan fingerprint density at radius 3 is 2.17 bits per heavy atom. The van der Waals surface area contributed by atoms with Crippen molar-refractivity contribution in [3.8, 4) is 0 Å². The molecule has 3 aliphatic rings. The Morgan fingerprint density at radius 2 is 1.72 bits per heavy atom. The van der Waals surface area contributed by atoms with Gasteiger partial charge in [0, 0.05) is 5.54 Å². The number of nitrogens with zero attached hydrogens (tertiary/aromatic N) is 2. The topological polar surface area (TPSA) is 37.8 Å². The Labute approximate surface area is 109 Å². The van der Waals surface area contributed by atoms with Crippen molar-refractivity contribution in [3.63, 3.8) is 0 Å². The summed E-state index contributed by atoms with van der Waals surface area (Å²) in [6, 6.07) is 0. The van der Waals surface area contributed by atoms with E-state index in [1.807, 2.05) is 12.4 Å². The average Bonchev–Trinajstić information content (AvgIpc) is 2.21. The highest BCUT2D eigenvalue weighted by atomic mass is 15.1. The maximum atomic E-state index is 4.49. The zero-order valence-corrected chi connectivity index (χ0v) is 11.8. The van der Waals surface area contributed by atoms with Gasteiger partial charge in [0.2, 0.25) is 0 Å². The highest BCUT2D eigenvalue weighted by Gasteiger charge is 2.68. The van der Waals surface area contributed by atoms with Crippen LogP contribution in [0.3, 0.4) is 0 Å². The highest BCUT2D eigenvalue weighted by molar-refractivity contribution is 5.43. The molecule has 3 heteroatoms. The van der Waals surface area contributed by atoms with E-state index in [2.05, 4.69) is 43.0 Å². The minimum atomic E-state index is 0.346. The fourth-order valence-corrected chi connectivity index (χ4v) is 3.58. The van der Waals surface area contributed by atoms with Gasteiger partial charge in [-0.3, -0.25) is 4.98 Å². The van der Waals surface area contributed by atoms with E-state index in [-0.39, 0.29) is 0 Å². The summed E-state index contributed by atoms with van der Waals surface area (Å²) in [6.07, 6.45) is 7.72. The molecule has 3 fully saturated rings. The standard InChI is InChI=1S/C15H23N3/c1-10(2)12-5-17-13(6-16-12)18-15-7-14(8-15,9-15)11(3)4/h5-6,10-11H,7-9H2,1-4H3,(H,17,18). The second-order valence-electron chi connectivity index (χ2n) is 6.93. The number of nitrogens with one attached hydrogen (secondary N) is 1. The molecule has 3 nitrogen and oxygen atoms in total. The predicted octanol–water partition coefficient (Wildman–Crippen LogP) is 3.59. The fourth-order valence-electron chi connectivity index (χ4n) is 3.58. The molecule has 2 bridgehead atoms. The average molecular weight is 245 g/mol. The molecule has 1 heterocycles. The third-order valence-electron chi connectivity index (χ3n) is 4.95. The Bertz CT molecular complexity index is 428. The molecule has 0 unspecified atom stereocenters. The van der Waals surface area contributed by atoms with Gasteiger partial charge in [0.15, 0.2) is 0 Å². The Morgan fingerprint density at radius 1 is 1.06 bits per heavy atom. The lowest BCUT2D eigenvalue weighted by molar-refractivity contribution is -0.150. The van der Waals surface area contributed by atoms with Gasteiger partial charge in [-0.2, -0.15) is 0 Å². The van der Waals surface area contributed by atoms with Crippen molar-refractivity contribution in [2.24, 2.45) is 11.3 Å². The van der Waals surface area contributed by atoms with Crippen molar-refractivity contribution < 1.29 is 0 Å². The van der Waals surface area contributed by atoms with Crippen LogP contribution in [0.2, 0.25) is 0 Å². The van der Waals surface area contributed by atoms with Gasteiger partial charge in [-0.1, -0.05) is 27.7 Å². The second-order valence-corrected chi connectivity index (χ2v) is 6.93. The molecule has 3 saturated carbocycles.